The van der Waals surface area contributed by atoms with Crippen molar-refractivity contribution in [2.75, 3.05) is 12.8 Å². The Hall–Kier alpha value is -0.710. The summed E-state index contributed by atoms with van der Waals surface area (Å²) in [5.41, 5.74) is 0. The maximum atomic E-state index is 12.7. The largest absolute Gasteiger partial charge is 0.344 e. The third-order valence-electron chi connectivity index (χ3n) is 4.23. The smallest absolute Gasteiger partial charge is 0.245 e. The topological polar surface area (TPSA) is 49.4 Å². The van der Waals surface area contributed by atoms with Gasteiger partial charge in [-0.1, -0.05) is 20.3 Å². The Morgan fingerprint density at radius 1 is 1.32 bits per heavy atom. The molecule has 3 atom stereocenters. The van der Waals surface area contributed by atoms with Crippen molar-refractivity contribution in [3.8, 4) is 0 Å². The van der Waals surface area contributed by atoms with E-state index in [1.54, 1.807) is 0 Å². The van der Waals surface area contributed by atoms with Gasteiger partial charge in [-0.15, -0.1) is 0 Å². The zero-order valence-electron chi connectivity index (χ0n) is 12.0. The summed E-state index contributed by atoms with van der Waals surface area (Å²) in [4.78, 5) is 26.4. The minimum absolute atomic E-state index is 0.00764. The van der Waals surface area contributed by atoms with Crippen LogP contribution in [0.4, 0.5) is 0 Å². The summed E-state index contributed by atoms with van der Waals surface area (Å²) >= 11 is 1.85. The molecule has 0 aromatic rings. The maximum absolute atomic E-state index is 12.7. The second-order valence-electron chi connectivity index (χ2n) is 5.84. The predicted octanol–water partition coefficient (Wildman–Crippen LogP) is 1.64. The van der Waals surface area contributed by atoms with Gasteiger partial charge < -0.3 is 10.2 Å². The van der Waals surface area contributed by atoms with Crippen molar-refractivity contribution in [3.63, 3.8) is 0 Å². The van der Waals surface area contributed by atoms with Crippen LogP contribution in [0.1, 0.15) is 39.5 Å². The third kappa shape index (κ3) is 3.07. The highest BCUT2D eigenvalue weighted by atomic mass is 32.2. The lowest BCUT2D eigenvalue weighted by Crippen LogP contribution is -2.52. The fourth-order valence-electron chi connectivity index (χ4n) is 3.14. The molecule has 0 spiro atoms. The van der Waals surface area contributed by atoms with E-state index in [1.807, 2.05) is 30.5 Å². The van der Waals surface area contributed by atoms with Gasteiger partial charge in [0.25, 0.3) is 0 Å². The van der Waals surface area contributed by atoms with Crippen molar-refractivity contribution < 1.29 is 9.59 Å². The van der Waals surface area contributed by atoms with Crippen LogP contribution < -0.4 is 5.32 Å². The molecule has 2 rings (SSSR count). The first kappa shape index (κ1) is 14.7. The van der Waals surface area contributed by atoms with E-state index in [-0.39, 0.29) is 23.8 Å². The van der Waals surface area contributed by atoms with Gasteiger partial charge in [0, 0.05) is 24.3 Å². The number of carbonyl (C=O) groups is 2. The van der Waals surface area contributed by atoms with E-state index in [4.69, 9.17) is 0 Å². The molecule has 2 aliphatic rings. The molecule has 1 saturated carbocycles. The molecular weight excluding hydrogens is 260 g/mol. The van der Waals surface area contributed by atoms with Gasteiger partial charge in [0.1, 0.15) is 6.04 Å². The molecular formula is C14H24N2O2S. The minimum Gasteiger partial charge on any atom is -0.344 e. The Bertz CT molecular complexity index is 359. The van der Waals surface area contributed by atoms with Crippen LogP contribution >= 0.6 is 11.8 Å². The van der Waals surface area contributed by atoms with Crippen molar-refractivity contribution in [3.05, 3.63) is 0 Å². The molecule has 1 saturated heterocycles. The van der Waals surface area contributed by atoms with Crippen molar-refractivity contribution in [1.29, 1.82) is 0 Å². The molecule has 108 valence electrons. The molecule has 19 heavy (non-hydrogen) atoms. The summed E-state index contributed by atoms with van der Waals surface area (Å²) < 4.78 is 0. The SMILES string of the molecule is CSC1CCCC1N1CCC(=O)NC(C(C)C)C1=O. The third-order valence-corrected chi connectivity index (χ3v) is 5.39. The number of rotatable bonds is 3. The standard InChI is InChI=1S/C14H24N2O2S/c1-9(2)13-14(18)16(8-7-12(17)15-13)10-5-4-6-11(10)19-3/h9-11,13H,4-8H2,1-3H3,(H,15,17). The summed E-state index contributed by atoms with van der Waals surface area (Å²) in [5, 5.41) is 3.41. The lowest BCUT2D eigenvalue weighted by Gasteiger charge is -2.34. The van der Waals surface area contributed by atoms with Gasteiger partial charge in [0.2, 0.25) is 11.8 Å². The van der Waals surface area contributed by atoms with E-state index in [0.29, 0.717) is 24.3 Å². The van der Waals surface area contributed by atoms with Crippen LogP contribution in [-0.4, -0.2) is 46.8 Å². The first-order chi connectivity index (χ1) is 9.04. The Morgan fingerprint density at radius 3 is 2.68 bits per heavy atom. The van der Waals surface area contributed by atoms with Gasteiger partial charge in [-0.05, 0) is 25.0 Å². The highest BCUT2D eigenvalue weighted by Crippen LogP contribution is 2.33. The number of carbonyl (C=O) groups excluding carboxylic acids is 2. The van der Waals surface area contributed by atoms with Crippen LogP contribution in [0.5, 0.6) is 0 Å². The van der Waals surface area contributed by atoms with Gasteiger partial charge in [-0.25, -0.2) is 0 Å². The zero-order chi connectivity index (χ0) is 14.0. The Kier molecular flexibility index (Phi) is 4.76. The number of hydrogen-bond acceptors (Lipinski definition) is 3. The summed E-state index contributed by atoms with van der Waals surface area (Å²) in [7, 11) is 0. The minimum atomic E-state index is -0.349. The average Bonchev–Trinajstić information content (AvgIpc) is 2.78. The molecule has 2 fully saturated rings. The summed E-state index contributed by atoms with van der Waals surface area (Å²) in [5.74, 6) is 0.270. The molecule has 0 bridgehead atoms. The molecule has 1 aliphatic carbocycles. The van der Waals surface area contributed by atoms with Crippen LogP contribution in [0.3, 0.4) is 0 Å². The monoisotopic (exact) mass is 284 g/mol. The Morgan fingerprint density at radius 2 is 2.05 bits per heavy atom. The number of amides is 2. The molecule has 5 heteroatoms. The highest BCUT2D eigenvalue weighted by molar-refractivity contribution is 7.99. The molecule has 0 aromatic heterocycles. The van der Waals surface area contributed by atoms with Crippen LogP contribution in [0.15, 0.2) is 0 Å². The maximum Gasteiger partial charge on any atom is 0.245 e. The van der Waals surface area contributed by atoms with Gasteiger partial charge in [-0.2, -0.15) is 11.8 Å². The van der Waals surface area contributed by atoms with E-state index >= 15 is 0 Å². The van der Waals surface area contributed by atoms with Gasteiger partial charge in [0.05, 0.1) is 0 Å². The van der Waals surface area contributed by atoms with Crippen LogP contribution in [0, 0.1) is 5.92 Å². The Balaban J connectivity index is 2.18. The molecule has 1 N–H and O–H groups in total. The predicted molar refractivity (Wildman–Crippen MR) is 78.0 cm³/mol. The van der Waals surface area contributed by atoms with Crippen LogP contribution in [-0.2, 0) is 9.59 Å². The lowest BCUT2D eigenvalue weighted by molar-refractivity contribution is -0.136. The lowest BCUT2D eigenvalue weighted by atomic mass is 10.0. The highest BCUT2D eigenvalue weighted by Gasteiger charge is 2.39. The Labute approximate surface area is 119 Å². The summed E-state index contributed by atoms with van der Waals surface area (Å²) in [6, 6.07) is -0.0328. The van der Waals surface area contributed by atoms with Gasteiger partial charge in [-0.3, -0.25) is 9.59 Å². The molecule has 2 amide bonds. The molecule has 4 nitrogen and oxygen atoms in total. The average molecular weight is 284 g/mol. The van der Waals surface area contributed by atoms with Gasteiger partial charge >= 0.3 is 0 Å². The quantitative estimate of drug-likeness (QED) is 0.857. The fraction of sp³-hybridized carbons (Fsp3) is 0.857. The first-order valence-corrected chi connectivity index (χ1v) is 8.46. The van der Waals surface area contributed by atoms with E-state index in [9.17, 15) is 9.59 Å². The van der Waals surface area contributed by atoms with Crippen LogP contribution in [0.2, 0.25) is 0 Å². The number of nitrogens with one attached hydrogen (secondary N) is 1. The normalized spacial score (nSPS) is 32.6. The van der Waals surface area contributed by atoms with E-state index in [2.05, 4.69) is 11.6 Å². The second kappa shape index (κ2) is 6.16. The number of thioether (sulfide) groups is 1. The second-order valence-corrected chi connectivity index (χ2v) is 6.92. The van der Waals surface area contributed by atoms with Crippen molar-refractivity contribution in [1.82, 2.24) is 10.2 Å². The fourth-order valence-corrected chi connectivity index (χ4v) is 4.14. The number of hydrogen-bond donors (Lipinski definition) is 1. The van der Waals surface area contributed by atoms with Crippen molar-refractivity contribution >= 4 is 23.6 Å². The van der Waals surface area contributed by atoms with Gasteiger partial charge in [0.15, 0.2) is 0 Å². The first-order valence-electron chi connectivity index (χ1n) is 7.17. The van der Waals surface area contributed by atoms with E-state index in [0.717, 1.165) is 6.42 Å². The summed E-state index contributed by atoms with van der Waals surface area (Å²) in [6.07, 6.45) is 6.01. The zero-order valence-corrected chi connectivity index (χ0v) is 12.8. The van der Waals surface area contributed by atoms with Crippen LogP contribution in [0.25, 0.3) is 0 Å². The molecule has 0 radical (unpaired) electrons. The van der Waals surface area contributed by atoms with Crippen molar-refractivity contribution in [2.24, 2.45) is 5.92 Å². The number of nitrogens with zero attached hydrogens (tertiary/aromatic N) is 1. The molecule has 1 heterocycles. The van der Waals surface area contributed by atoms with E-state index < -0.39 is 0 Å². The van der Waals surface area contributed by atoms with E-state index in [1.165, 1.54) is 12.8 Å². The van der Waals surface area contributed by atoms with Crippen molar-refractivity contribution in [2.45, 2.75) is 56.9 Å². The molecule has 0 aromatic carbocycles. The summed E-state index contributed by atoms with van der Waals surface area (Å²) in [6.45, 7) is 4.57. The molecule has 3 unspecified atom stereocenters. The molecule has 1 aliphatic heterocycles.